The molecule has 0 aromatic heterocycles. The topological polar surface area (TPSA) is 32.3 Å². The van der Waals surface area contributed by atoms with Gasteiger partial charge in [-0.2, -0.15) is 0 Å². The van der Waals surface area contributed by atoms with E-state index < -0.39 is 0 Å². The van der Waals surface area contributed by atoms with E-state index in [2.05, 4.69) is 37.9 Å². The molecule has 0 unspecified atom stereocenters. The number of hydrogen-bond acceptors (Lipinski definition) is 2. The van der Waals surface area contributed by atoms with Crippen LogP contribution in [-0.4, -0.2) is 23.9 Å². The maximum absolute atomic E-state index is 13.2. The largest absolute Gasteiger partial charge is 0.322 e. The quantitative estimate of drug-likeness (QED) is 0.706. The lowest BCUT2D eigenvalue weighted by Crippen LogP contribution is -2.30. The Balaban J connectivity index is 2.00. The Labute approximate surface area is 156 Å². The average molecular weight is 356 g/mol. The Morgan fingerprint density at radius 1 is 1.00 bits per heavy atom. The fraction of sp³-hybridized carbons (Fsp3) is 0.409. The number of nitrogens with zero attached hydrogens (tertiary/aromatic N) is 1. The van der Waals surface area contributed by atoms with Gasteiger partial charge in [-0.25, -0.2) is 4.39 Å². The molecule has 0 fully saturated rings. The molecule has 0 heterocycles. The van der Waals surface area contributed by atoms with Crippen molar-refractivity contribution in [2.45, 2.75) is 34.2 Å². The van der Waals surface area contributed by atoms with Gasteiger partial charge in [0.05, 0.1) is 0 Å². The zero-order valence-electron chi connectivity index (χ0n) is 16.1. The second-order valence-corrected chi connectivity index (χ2v) is 7.64. The summed E-state index contributed by atoms with van der Waals surface area (Å²) in [5.41, 5.74) is 2.21. The third kappa shape index (κ3) is 6.60. The molecule has 2 aromatic carbocycles. The first kappa shape index (κ1) is 20.1. The number of benzene rings is 2. The molecule has 0 aliphatic rings. The molecule has 1 amide bonds. The smallest absolute Gasteiger partial charge is 0.255 e. The molecule has 2 aromatic rings. The van der Waals surface area contributed by atoms with Crippen molar-refractivity contribution in [2.24, 2.45) is 11.8 Å². The second-order valence-electron chi connectivity index (χ2n) is 7.64. The van der Waals surface area contributed by atoms with Crippen LogP contribution in [0.2, 0.25) is 0 Å². The Hall–Kier alpha value is -2.20. The predicted octanol–water partition coefficient (Wildman–Crippen LogP) is 5.19. The fourth-order valence-corrected chi connectivity index (χ4v) is 3.03. The standard InChI is InChI=1S/C22H29FN2O/c1-16(2)13-25(14-17(3)4)15-18-8-10-19(11-9-18)22(26)24-21-7-5-6-20(23)12-21/h5-12,16-17H,13-15H2,1-4H3,(H,24,26). The third-order valence-electron chi connectivity index (χ3n) is 3.95. The van der Waals surface area contributed by atoms with Gasteiger partial charge in [0.1, 0.15) is 5.82 Å². The lowest BCUT2D eigenvalue weighted by molar-refractivity contribution is 0.102. The van der Waals surface area contributed by atoms with E-state index in [1.54, 1.807) is 12.1 Å². The summed E-state index contributed by atoms with van der Waals surface area (Å²) in [6, 6.07) is 13.5. The number of carbonyl (C=O) groups is 1. The van der Waals surface area contributed by atoms with Crippen molar-refractivity contribution in [1.82, 2.24) is 4.90 Å². The van der Waals surface area contributed by atoms with E-state index in [9.17, 15) is 9.18 Å². The first-order chi connectivity index (χ1) is 12.3. The number of nitrogens with one attached hydrogen (secondary N) is 1. The summed E-state index contributed by atoms with van der Waals surface area (Å²) in [5.74, 6) is 0.632. The molecule has 3 nitrogen and oxygen atoms in total. The summed E-state index contributed by atoms with van der Waals surface area (Å²) in [4.78, 5) is 14.8. The van der Waals surface area contributed by atoms with Crippen LogP contribution in [0.15, 0.2) is 48.5 Å². The van der Waals surface area contributed by atoms with Gasteiger partial charge in [-0.15, -0.1) is 0 Å². The number of amides is 1. The SMILES string of the molecule is CC(C)CN(Cc1ccc(C(=O)Nc2cccc(F)c2)cc1)CC(C)C. The molecule has 0 bridgehead atoms. The molecule has 4 heteroatoms. The van der Waals surface area contributed by atoms with Crippen molar-refractivity contribution in [3.8, 4) is 0 Å². The molecular formula is C22H29FN2O. The molecule has 26 heavy (non-hydrogen) atoms. The molecule has 0 radical (unpaired) electrons. The third-order valence-corrected chi connectivity index (χ3v) is 3.95. The number of carbonyl (C=O) groups excluding carboxylic acids is 1. The van der Waals surface area contributed by atoms with Gasteiger partial charge < -0.3 is 5.32 Å². The average Bonchev–Trinajstić information content (AvgIpc) is 2.54. The van der Waals surface area contributed by atoms with E-state index in [-0.39, 0.29) is 11.7 Å². The van der Waals surface area contributed by atoms with E-state index >= 15 is 0 Å². The van der Waals surface area contributed by atoms with Gasteiger partial charge in [-0.3, -0.25) is 9.69 Å². The Morgan fingerprint density at radius 3 is 2.15 bits per heavy atom. The van der Waals surface area contributed by atoms with E-state index in [0.29, 0.717) is 23.1 Å². The Kier molecular flexibility index (Phi) is 7.34. The van der Waals surface area contributed by atoms with Crippen LogP contribution >= 0.6 is 0 Å². The lowest BCUT2D eigenvalue weighted by Gasteiger charge is -2.26. The van der Waals surface area contributed by atoms with E-state index in [4.69, 9.17) is 0 Å². The number of hydrogen-bond donors (Lipinski definition) is 1. The Bertz CT molecular complexity index is 700. The number of halogens is 1. The highest BCUT2D eigenvalue weighted by atomic mass is 19.1. The fourth-order valence-electron chi connectivity index (χ4n) is 3.03. The van der Waals surface area contributed by atoms with E-state index in [1.807, 2.05) is 24.3 Å². The molecule has 0 saturated carbocycles. The normalized spacial score (nSPS) is 11.4. The predicted molar refractivity (Wildman–Crippen MR) is 106 cm³/mol. The summed E-state index contributed by atoms with van der Waals surface area (Å²) in [6.07, 6.45) is 0. The summed E-state index contributed by atoms with van der Waals surface area (Å²) < 4.78 is 13.2. The molecule has 0 aliphatic heterocycles. The highest BCUT2D eigenvalue weighted by Crippen LogP contribution is 2.14. The minimum atomic E-state index is -0.367. The van der Waals surface area contributed by atoms with Crippen molar-refractivity contribution in [1.29, 1.82) is 0 Å². The van der Waals surface area contributed by atoms with Crippen molar-refractivity contribution in [3.63, 3.8) is 0 Å². The van der Waals surface area contributed by atoms with Crippen LogP contribution in [-0.2, 0) is 6.54 Å². The van der Waals surface area contributed by atoms with Crippen LogP contribution in [0.3, 0.4) is 0 Å². The van der Waals surface area contributed by atoms with Crippen molar-refractivity contribution in [3.05, 3.63) is 65.5 Å². The van der Waals surface area contributed by atoms with Crippen molar-refractivity contribution in [2.75, 3.05) is 18.4 Å². The van der Waals surface area contributed by atoms with Crippen LogP contribution < -0.4 is 5.32 Å². The van der Waals surface area contributed by atoms with Crippen LogP contribution in [0.4, 0.5) is 10.1 Å². The van der Waals surface area contributed by atoms with Gasteiger partial charge in [0, 0.05) is 30.9 Å². The van der Waals surface area contributed by atoms with Crippen LogP contribution in [0.1, 0.15) is 43.6 Å². The molecule has 140 valence electrons. The molecule has 0 spiro atoms. The maximum Gasteiger partial charge on any atom is 0.255 e. The molecule has 2 rings (SSSR count). The first-order valence-corrected chi connectivity index (χ1v) is 9.21. The highest BCUT2D eigenvalue weighted by molar-refractivity contribution is 6.04. The number of anilines is 1. The summed E-state index contributed by atoms with van der Waals surface area (Å²) >= 11 is 0. The van der Waals surface area contributed by atoms with Crippen LogP contribution in [0.5, 0.6) is 0 Å². The van der Waals surface area contributed by atoms with Crippen molar-refractivity contribution < 1.29 is 9.18 Å². The highest BCUT2D eigenvalue weighted by Gasteiger charge is 2.11. The monoisotopic (exact) mass is 356 g/mol. The summed E-state index contributed by atoms with van der Waals surface area (Å²) in [7, 11) is 0. The van der Waals surface area contributed by atoms with Crippen LogP contribution in [0, 0.1) is 17.7 Å². The van der Waals surface area contributed by atoms with Crippen molar-refractivity contribution >= 4 is 11.6 Å². The molecule has 0 saturated heterocycles. The maximum atomic E-state index is 13.2. The molecule has 1 N–H and O–H groups in total. The van der Waals surface area contributed by atoms with Gasteiger partial charge in [0.2, 0.25) is 0 Å². The lowest BCUT2D eigenvalue weighted by atomic mass is 10.1. The van der Waals surface area contributed by atoms with Crippen LogP contribution in [0.25, 0.3) is 0 Å². The van der Waals surface area contributed by atoms with Gasteiger partial charge in [0.15, 0.2) is 0 Å². The minimum absolute atomic E-state index is 0.233. The zero-order valence-corrected chi connectivity index (χ0v) is 16.1. The van der Waals surface area contributed by atoms with Gasteiger partial charge >= 0.3 is 0 Å². The Morgan fingerprint density at radius 2 is 1.62 bits per heavy atom. The second kappa shape index (κ2) is 9.48. The molecule has 0 atom stereocenters. The molecule has 0 aliphatic carbocycles. The minimum Gasteiger partial charge on any atom is -0.322 e. The summed E-state index contributed by atoms with van der Waals surface area (Å²) in [6.45, 7) is 11.9. The zero-order chi connectivity index (χ0) is 19.1. The van der Waals surface area contributed by atoms with Gasteiger partial charge in [-0.05, 0) is 47.7 Å². The van der Waals surface area contributed by atoms with Gasteiger partial charge in [0.25, 0.3) is 5.91 Å². The van der Waals surface area contributed by atoms with Gasteiger partial charge in [-0.1, -0.05) is 45.9 Å². The first-order valence-electron chi connectivity index (χ1n) is 9.21. The van der Waals surface area contributed by atoms with E-state index in [0.717, 1.165) is 19.6 Å². The summed E-state index contributed by atoms with van der Waals surface area (Å²) in [5, 5.41) is 2.72. The molecular weight excluding hydrogens is 327 g/mol. The number of rotatable bonds is 8. The van der Waals surface area contributed by atoms with E-state index in [1.165, 1.54) is 17.7 Å².